The second-order valence-electron chi connectivity index (χ2n) is 0.600. The monoisotopic (exact) mass is 90.0 g/mol. The van der Waals surface area contributed by atoms with E-state index in [1.165, 1.54) is 0 Å². The van der Waals surface area contributed by atoms with Gasteiger partial charge in [-0.05, 0) is 0 Å². The third-order valence-electron chi connectivity index (χ3n) is 0.132. The molecule has 0 N–H and O–H groups in total. The summed E-state index contributed by atoms with van der Waals surface area (Å²) in [5.74, 6) is 0. The van der Waals surface area contributed by atoms with Gasteiger partial charge in [-0.25, -0.2) is 4.39 Å². The molecular weight excluding hydrogens is 87.1 g/mol. The fourth-order valence-electron chi connectivity index (χ4n) is 0. The zero-order valence-corrected chi connectivity index (χ0v) is 3.39. The summed E-state index contributed by atoms with van der Waals surface area (Å²) in [6.45, 7) is 3.96. The normalized spacial score (nSPS) is 7.60. The molecule has 0 nitrogen and oxygen atoms in total. The Labute approximate surface area is 36.0 Å². The molecule has 0 aromatic rings. The molecule has 0 heterocycles. The summed E-state index contributed by atoms with van der Waals surface area (Å²) >= 11 is 4.10. The number of rotatable bonds is 1. The van der Waals surface area contributed by atoms with E-state index in [0.29, 0.717) is 0 Å². The topological polar surface area (TPSA) is 0 Å². The van der Waals surface area contributed by atoms with Crippen molar-refractivity contribution in [2.45, 2.75) is 0 Å². The van der Waals surface area contributed by atoms with Crippen LogP contribution < -0.4 is 0 Å². The minimum atomic E-state index is -0.685. The second-order valence-corrected chi connectivity index (χ2v) is 1.12. The van der Waals surface area contributed by atoms with E-state index in [-0.39, 0.29) is 4.86 Å². The van der Waals surface area contributed by atoms with E-state index in [2.05, 4.69) is 19.1 Å². The molecule has 2 radical (unpaired) electrons. The van der Waals surface area contributed by atoms with Crippen molar-refractivity contribution in [1.82, 2.24) is 0 Å². The molecule has 0 bridgehead atoms. The van der Waals surface area contributed by atoms with E-state index < -0.39 is 6.67 Å². The van der Waals surface area contributed by atoms with E-state index in [4.69, 9.17) is 0 Å². The summed E-state index contributed by atoms with van der Waals surface area (Å²) in [6, 6.07) is 0. The van der Waals surface area contributed by atoms with Gasteiger partial charge in [0.1, 0.15) is 6.67 Å². The molecule has 0 aromatic carbocycles. The maximum atomic E-state index is 10.8. The maximum Gasteiger partial charge on any atom is 0.121 e. The molecule has 0 rings (SSSR count). The van der Waals surface area contributed by atoms with Gasteiger partial charge in [-0.15, -0.1) is 0 Å². The van der Waals surface area contributed by atoms with E-state index in [1.807, 2.05) is 0 Å². The average molecular weight is 90.1 g/mol. The number of thiocarbonyl (C=S) groups is 1. The highest BCUT2D eigenvalue weighted by Crippen LogP contribution is 1.70. The molecule has 0 saturated heterocycles. The van der Waals surface area contributed by atoms with Crippen molar-refractivity contribution in [2.24, 2.45) is 0 Å². The van der Waals surface area contributed by atoms with Crippen LogP contribution in [0.25, 0.3) is 0 Å². The van der Waals surface area contributed by atoms with Crippen LogP contribution in [0.4, 0.5) is 4.39 Å². The van der Waals surface area contributed by atoms with Crippen LogP contribution in [0.15, 0.2) is 0 Å². The van der Waals surface area contributed by atoms with Gasteiger partial charge in [0.05, 0.1) is 0 Å². The van der Waals surface area contributed by atoms with Crippen molar-refractivity contribution in [3.05, 3.63) is 6.92 Å². The Morgan fingerprint density at radius 2 is 2.20 bits per heavy atom. The quantitative estimate of drug-likeness (QED) is 0.433. The minimum Gasteiger partial charge on any atom is -0.245 e. The third kappa shape index (κ3) is 4.02. The molecular formula is C3H3FS. The maximum absolute atomic E-state index is 10.8. The lowest BCUT2D eigenvalue weighted by Crippen LogP contribution is -1.84. The third-order valence-corrected chi connectivity index (χ3v) is 0.241. The highest BCUT2D eigenvalue weighted by molar-refractivity contribution is 7.80. The van der Waals surface area contributed by atoms with Gasteiger partial charge in [-0.3, -0.25) is 0 Å². The number of hydrogen-bond donors (Lipinski definition) is 0. The van der Waals surface area contributed by atoms with Crippen LogP contribution in [0.5, 0.6) is 0 Å². The average Bonchev–Trinajstić information content (AvgIpc) is 1.38. The molecule has 0 aromatic heterocycles. The summed E-state index contributed by atoms with van der Waals surface area (Å²) < 4.78 is 10.8. The highest BCUT2D eigenvalue weighted by Gasteiger charge is 1.76. The predicted octanol–water partition coefficient (Wildman–Crippen LogP) is 1.04. The lowest BCUT2D eigenvalue weighted by Gasteiger charge is -1.72. The van der Waals surface area contributed by atoms with Gasteiger partial charge in [0.2, 0.25) is 0 Å². The highest BCUT2D eigenvalue weighted by atomic mass is 32.1. The van der Waals surface area contributed by atoms with Crippen molar-refractivity contribution in [3.63, 3.8) is 0 Å². The largest absolute Gasteiger partial charge is 0.245 e. The van der Waals surface area contributed by atoms with Crippen molar-refractivity contribution in [1.29, 1.82) is 0 Å². The van der Waals surface area contributed by atoms with Gasteiger partial charge in [-0.1, -0.05) is 12.2 Å². The predicted molar refractivity (Wildman–Crippen MR) is 22.9 cm³/mol. The molecule has 0 aliphatic carbocycles. The van der Waals surface area contributed by atoms with Gasteiger partial charge in [0.25, 0.3) is 0 Å². The molecule has 2 heteroatoms. The standard InChI is InChI=1S/C3H3FS/c1-3(5)2-4/h1H,2H2. The molecule has 0 atom stereocenters. The first-order valence-corrected chi connectivity index (χ1v) is 1.52. The lowest BCUT2D eigenvalue weighted by molar-refractivity contribution is 0.586. The van der Waals surface area contributed by atoms with Gasteiger partial charge >= 0.3 is 0 Å². The van der Waals surface area contributed by atoms with E-state index in [1.54, 1.807) is 0 Å². The van der Waals surface area contributed by atoms with Crippen molar-refractivity contribution in [2.75, 3.05) is 6.67 Å². The second kappa shape index (κ2) is 2.27. The zero-order valence-electron chi connectivity index (χ0n) is 2.57. The Morgan fingerprint density at radius 1 is 2.00 bits per heavy atom. The number of hydrogen-bond acceptors (Lipinski definition) is 1. The molecule has 0 aliphatic rings. The van der Waals surface area contributed by atoms with Crippen LogP contribution in [0.3, 0.4) is 0 Å². The smallest absolute Gasteiger partial charge is 0.121 e. The number of alkyl halides is 1. The molecule has 0 amide bonds. The first-order chi connectivity index (χ1) is 2.27. The molecule has 0 aliphatic heterocycles. The van der Waals surface area contributed by atoms with E-state index >= 15 is 0 Å². The molecule has 5 heavy (non-hydrogen) atoms. The van der Waals surface area contributed by atoms with E-state index in [0.717, 1.165) is 0 Å². The van der Waals surface area contributed by atoms with Gasteiger partial charge in [0.15, 0.2) is 0 Å². The summed E-state index contributed by atoms with van der Waals surface area (Å²) in [4.78, 5) is -0.0787. The summed E-state index contributed by atoms with van der Waals surface area (Å²) in [7, 11) is 0. The van der Waals surface area contributed by atoms with Crippen molar-refractivity contribution in [3.8, 4) is 0 Å². The van der Waals surface area contributed by atoms with Crippen LogP contribution in [0.2, 0.25) is 0 Å². The zero-order chi connectivity index (χ0) is 4.28. The Kier molecular flexibility index (Phi) is 2.28. The molecule has 28 valence electrons. The van der Waals surface area contributed by atoms with Crippen molar-refractivity contribution < 1.29 is 4.39 Å². The van der Waals surface area contributed by atoms with Crippen molar-refractivity contribution >= 4 is 17.1 Å². The first-order valence-electron chi connectivity index (χ1n) is 1.11. The summed E-state index contributed by atoms with van der Waals surface area (Å²) in [5.41, 5.74) is 0. The van der Waals surface area contributed by atoms with E-state index in [9.17, 15) is 4.39 Å². The molecule has 0 unspecified atom stereocenters. The minimum absolute atomic E-state index is 0.0787. The van der Waals surface area contributed by atoms with Gasteiger partial charge < -0.3 is 0 Å². The summed E-state index contributed by atoms with van der Waals surface area (Å²) in [6.07, 6.45) is 0. The fraction of sp³-hybridized carbons (Fsp3) is 0.333. The molecule has 0 spiro atoms. The van der Waals surface area contributed by atoms with Crippen LogP contribution >= 0.6 is 12.2 Å². The van der Waals surface area contributed by atoms with Crippen LogP contribution in [0.1, 0.15) is 0 Å². The first kappa shape index (κ1) is 5.02. The Hall–Kier alpha value is 0.0200. The van der Waals surface area contributed by atoms with Gasteiger partial charge in [-0.2, -0.15) is 0 Å². The fourth-order valence-corrected chi connectivity index (χ4v) is 0. The van der Waals surface area contributed by atoms with Crippen LogP contribution in [0, 0.1) is 6.92 Å². The number of halogens is 1. The Bertz CT molecular complexity index is 42.2. The molecule has 0 fully saturated rings. The SMILES string of the molecule is [CH]C(=S)CF. The van der Waals surface area contributed by atoms with Crippen LogP contribution in [-0.2, 0) is 0 Å². The summed E-state index contributed by atoms with van der Waals surface area (Å²) in [5, 5.41) is 0. The lowest BCUT2D eigenvalue weighted by atomic mass is 10.6. The molecule has 0 saturated carbocycles. The van der Waals surface area contributed by atoms with Crippen LogP contribution in [-0.4, -0.2) is 11.5 Å². The Morgan fingerprint density at radius 3 is 2.20 bits per heavy atom. The van der Waals surface area contributed by atoms with Gasteiger partial charge in [0, 0.05) is 11.8 Å². The Balaban J connectivity index is 2.85.